The summed E-state index contributed by atoms with van der Waals surface area (Å²) in [4.78, 5) is 57.0. The summed E-state index contributed by atoms with van der Waals surface area (Å²) in [5.41, 5.74) is 0.803. The van der Waals surface area contributed by atoms with E-state index in [4.69, 9.17) is 0 Å². The standard InChI is InChI=1S/C26H27FN4O4/c1-16(2)14-29-24(33)18-8-9-20(27)21-19(15-28-22(18)21)23(32)26(35)31-12-10-30(11-13-31)25(34)17-6-4-3-5-7-17/h3-9,15-16,28H,10-14H2,1-2H3,(H,29,33). The van der Waals surface area contributed by atoms with Gasteiger partial charge in [0.15, 0.2) is 0 Å². The number of ketones is 1. The first kappa shape index (κ1) is 24.1. The highest BCUT2D eigenvalue weighted by atomic mass is 19.1. The number of amides is 3. The van der Waals surface area contributed by atoms with Crippen LogP contribution in [0.3, 0.4) is 0 Å². The predicted octanol–water partition coefficient (Wildman–Crippen LogP) is 2.86. The Labute approximate surface area is 202 Å². The van der Waals surface area contributed by atoms with Crippen LogP contribution in [0.4, 0.5) is 4.39 Å². The Bertz CT molecular complexity index is 1280. The van der Waals surface area contributed by atoms with E-state index in [0.717, 1.165) is 6.07 Å². The van der Waals surface area contributed by atoms with Crippen LogP contribution in [-0.2, 0) is 4.79 Å². The van der Waals surface area contributed by atoms with Gasteiger partial charge in [-0.15, -0.1) is 0 Å². The van der Waals surface area contributed by atoms with Gasteiger partial charge in [-0.2, -0.15) is 0 Å². The molecule has 0 aliphatic carbocycles. The Balaban J connectivity index is 1.49. The van der Waals surface area contributed by atoms with Crippen molar-refractivity contribution in [1.82, 2.24) is 20.1 Å². The highest BCUT2D eigenvalue weighted by Crippen LogP contribution is 2.26. The van der Waals surface area contributed by atoms with E-state index in [2.05, 4.69) is 10.3 Å². The number of aromatic nitrogens is 1. The van der Waals surface area contributed by atoms with Gasteiger partial charge >= 0.3 is 0 Å². The number of rotatable bonds is 6. The van der Waals surface area contributed by atoms with Gasteiger partial charge in [0.05, 0.1) is 16.6 Å². The summed E-state index contributed by atoms with van der Waals surface area (Å²) in [6.07, 6.45) is 1.27. The molecule has 0 spiro atoms. The average molecular weight is 479 g/mol. The van der Waals surface area contributed by atoms with Crippen LogP contribution in [-0.4, -0.2) is 71.0 Å². The Morgan fingerprint density at radius 3 is 2.26 bits per heavy atom. The molecule has 1 aromatic heterocycles. The number of piperazine rings is 1. The molecule has 1 aliphatic rings. The number of hydrogen-bond acceptors (Lipinski definition) is 4. The molecular weight excluding hydrogens is 451 g/mol. The van der Waals surface area contributed by atoms with Crippen molar-refractivity contribution in [3.8, 4) is 0 Å². The monoisotopic (exact) mass is 478 g/mol. The van der Waals surface area contributed by atoms with E-state index in [9.17, 15) is 23.6 Å². The summed E-state index contributed by atoms with van der Waals surface area (Å²) in [6.45, 7) is 5.31. The van der Waals surface area contributed by atoms with Crippen LogP contribution < -0.4 is 5.32 Å². The van der Waals surface area contributed by atoms with Gasteiger partial charge in [-0.3, -0.25) is 19.2 Å². The molecule has 8 nitrogen and oxygen atoms in total. The van der Waals surface area contributed by atoms with Gasteiger partial charge in [-0.25, -0.2) is 4.39 Å². The maximum atomic E-state index is 14.7. The van der Waals surface area contributed by atoms with Crippen molar-refractivity contribution in [2.24, 2.45) is 5.92 Å². The lowest BCUT2D eigenvalue weighted by Gasteiger charge is -2.34. The molecule has 1 aliphatic heterocycles. The smallest absolute Gasteiger partial charge is 0.295 e. The quantitative estimate of drug-likeness (QED) is 0.420. The second kappa shape index (κ2) is 10.1. The van der Waals surface area contributed by atoms with Crippen molar-refractivity contribution in [2.75, 3.05) is 32.7 Å². The van der Waals surface area contributed by atoms with E-state index in [1.807, 2.05) is 19.9 Å². The van der Waals surface area contributed by atoms with Crippen LogP contribution in [0.5, 0.6) is 0 Å². The van der Waals surface area contributed by atoms with Gasteiger partial charge < -0.3 is 20.1 Å². The molecule has 0 radical (unpaired) electrons. The molecule has 2 N–H and O–H groups in total. The van der Waals surface area contributed by atoms with Crippen molar-refractivity contribution in [1.29, 1.82) is 0 Å². The maximum absolute atomic E-state index is 14.7. The zero-order valence-corrected chi connectivity index (χ0v) is 19.6. The number of benzene rings is 2. The molecule has 35 heavy (non-hydrogen) atoms. The number of carbonyl (C=O) groups is 4. The maximum Gasteiger partial charge on any atom is 0.295 e. The molecular formula is C26H27FN4O4. The largest absolute Gasteiger partial charge is 0.360 e. The summed E-state index contributed by atoms with van der Waals surface area (Å²) in [7, 11) is 0. The molecule has 2 aromatic carbocycles. The van der Waals surface area contributed by atoms with E-state index in [-0.39, 0.29) is 60.0 Å². The van der Waals surface area contributed by atoms with Crippen molar-refractivity contribution in [3.05, 3.63) is 71.2 Å². The third-order valence-corrected chi connectivity index (χ3v) is 6.01. The van der Waals surface area contributed by atoms with Gasteiger partial charge in [-0.1, -0.05) is 32.0 Å². The molecule has 9 heteroatoms. The first-order valence-electron chi connectivity index (χ1n) is 11.5. The lowest BCUT2D eigenvalue weighted by Crippen LogP contribution is -2.52. The van der Waals surface area contributed by atoms with Crippen molar-refractivity contribution >= 4 is 34.4 Å². The second-order valence-corrected chi connectivity index (χ2v) is 8.93. The lowest BCUT2D eigenvalue weighted by atomic mass is 10.0. The molecule has 0 bridgehead atoms. The summed E-state index contributed by atoms with van der Waals surface area (Å²) in [5, 5.41) is 2.69. The van der Waals surface area contributed by atoms with E-state index in [1.165, 1.54) is 17.2 Å². The number of halogens is 1. The molecule has 3 aromatic rings. The van der Waals surface area contributed by atoms with E-state index >= 15 is 0 Å². The van der Waals surface area contributed by atoms with Gasteiger partial charge in [-0.05, 0) is 30.2 Å². The Kier molecular flexibility index (Phi) is 6.95. The number of nitrogens with zero attached hydrogens (tertiary/aromatic N) is 2. The first-order valence-corrected chi connectivity index (χ1v) is 11.5. The number of hydrogen-bond donors (Lipinski definition) is 2. The van der Waals surface area contributed by atoms with Gasteiger partial charge in [0, 0.05) is 49.9 Å². The van der Waals surface area contributed by atoms with Crippen LogP contribution in [0.1, 0.15) is 44.9 Å². The third kappa shape index (κ3) is 4.94. The molecule has 182 valence electrons. The van der Waals surface area contributed by atoms with Crippen LogP contribution >= 0.6 is 0 Å². The molecule has 2 heterocycles. The fraction of sp³-hybridized carbons (Fsp3) is 0.308. The number of H-pyrrole nitrogens is 1. The first-order chi connectivity index (χ1) is 16.8. The van der Waals surface area contributed by atoms with Gasteiger partial charge in [0.1, 0.15) is 5.82 Å². The van der Waals surface area contributed by atoms with Crippen molar-refractivity contribution in [3.63, 3.8) is 0 Å². The van der Waals surface area contributed by atoms with Crippen molar-refractivity contribution in [2.45, 2.75) is 13.8 Å². The highest BCUT2D eigenvalue weighted by Gasteiger charge is 2.31. The summed E-state index contributed by atoms with van der Waals surface area (Å²) < 4.78 is 14.7. The number of fused-ring (bicyclic) bond motifs is 1. The van der Waals surface area contributed by atoms with E-state index in [1.54, 1.807) is 29.2 Å². The minimum absolute atomic E-state index is 0.0848. The fourth-order valence-corrected chi connectivity index (χ4v) is 4.10. The number of carbonyl (C=O) groups excluding carboxylic acids is 4. The van der Waals surface area contributed by atoms with Crippen LogP contribution in [0.25, 0.3) is 10.9 Å². The number of nitrogens with one attached hydrogen (secondary N) is 2. The summed E-state index contributed by atoms with van der Waals surface area (Å²) in [5.74, 6) is -2.63. The molecule has 3 amide bonds. The van der Waals surface area contributed by atoms with Crippen LogP contribution in [0.15, 0.2) is 48.7 Å². The minimum Gasteiger partial charge on any atom is -0.360 e. The number of aromatic amines is 1. The van der Waals surface area contributed by atoms with Gasteiger partial charge in [0.25, 0.3) is 23.5 Å². The summed E-state index contributed by atoms with van der Waals surface area (Å²) in [6, 6.07) is 11.3. The normalized spacial score (nSPS) is 13.8. The van der Waals surface area contributed by atoms with Crippen LogP contribution in [0, 0.1) is 11.7 Å². The zero-order chi connectivity index (χ0) is 25.1. The molecule has 1 saturated heterocycles. The summed E-state index contributed by atoms with van der Waals surface area (Å²) >= 11 is 0. The molecule has 4 rings (SSSR count). The van der Waals surface area contributed by atoms with Crippen molar-refractivity contribution < 1.29 is 23.6 Å². The Morgan fingerprint density at radius 1 is 0.943 bits per heavy atom. The topological polar surface area (TPSA) is 103 Å². The molecule has 1 fully saturated rings. The number of Topliss-reactive ketones (excluding diaryl/α,β-unsaturated/α-hetero) is 1. The van der Waals surface area contributed by atoms with E-state index in [0.29, 0.717) is 12.1 Å². The SMILES string of the molecule is CC(C)CNC(=O)c1ccc(F)c2c(C(=O)C(=O)N3CCN(C(=O)c4ccccc4)CC3)c[nH]c12. The third-order valence-electron chi connectivity index (χ3n) is 6.01. The lowest BCUT2D eigenvalue weighted by molar-refractivity contribution is -0.127. The Hall–Kier alpha value is -4.01. The van der Waals surface area contributed by atoms with E-state index < -0.39 is 23.4 Å². The molecule has 0 unspecified atom stereocenters. The van der Waals surface area contributed by atoms with Gasteiger partial charge in [0.2, 0.25) is 0 Å². The fourth-order valence-electron chi connectivity index (χ4n) is 4.10. The molecule has 0 saturated carbocycles. The Morgan fingerprint density at radius 2 is 1.60 bits per heavy atom. The predicted molar refractivity (Wildman–Crippen MR) is 129 cm³/mol. The highest BCUT2D eigenvalue weighted by molar-refractivity contribution is 6.45. The second-order valence-electron chi connectivity index (χ2n) is 8.93. The minimum atomic E-state index is -0.863. The molecule has 0 atom stereocenters. The average Bonchev–Trinajstić information content (AvgIpc) is 3.33. The zero-order valence-electron chi connectivity index (χ0n) is 19.6. The van der Waals surface area contributed by atoms with Crippen LogP contribution in [0.2, 0.25) is 0 Å².